The third-order valence-electron chi connectivity index (χ3n) is 3.68. The first kappa shape index (κ1) is 17.0. The number of aromatic amines is 1. The van der Waals surface area contributed by atoms with Gasteiger partial charge in [-0.15, -0.1) is 0 Å². The number of fused-ring (bicyclic) bond motifs is 1. The minimum atomic E-state index is -0.606. The van der Waals surface area contributed by atoms with Gasteiger partial charge in [-0.1, -0.05) is 12.1 Å². The van der Waals surface area contributed by atoms with E-state index in [1.165, 1.54) is 6.20 Å². The molecule has 3 aromatic heterocycles. The lowest BCUT2D eigenvalue weighted by atomic mass is 10.2. The van der Waals surface area contributed by atoms with E-state index in [4.69, 9.17) is 9.47 Å². The van der Waals surface area contributed by atoms with Gasteiger partial charge in [0.05, 0.1) is 11.9 Å². The molecule has 0 bridgehead atoms. The predicted octanol–water partition coefficient (Wildman–Crippen LogP) is 5.12. The van der Waals surface area contributed by atoms with Crippen LogP contribution in [0, 0.1) is 0 Å². The van der Waals surface area contributed by atoms with Crippen molar-refractivity contribution in [3.05, 3.63) is 71.7 Å². The lowest BCUT2D eigenvalue weighted by Gasteiger charge is -2.08. The van der Waals surface area contributed by atoms with E-state index in [1.54, 1.807) is 36.7 Å². The van der Waals surface area contributed by atoms with Gasteiger partial charge in [-0.2, -0.15) is 0 Å². The summed E-state index contributed by atoms with van der Waals surface area (Å²) in [5, 5.41) is 3.46. The maximum atomic E-state index is 12.1. The highest BCUT2D eigenvalue weighted by atomic mass is 79.9. The molecule has 7 nitrogen and oxygen atoms in total. The number of halogens is 1. The SMILES string of the molecule is O=C(Nc1ccc(Oc2cccnc2Br)nc1)Oc1c[nH]c2ccccc12. The molecule has 0 unspecified atom stereocenters. The number of nitrogens with zero attached hydrogens (tertiary/aromatic N) is 2. The van der Waals surface area contributed by atoms with Crippen LogP contribution in [0.4, 0.5) is 10.5 Å². The molecule has 0 fully saturated rings. The summed E-state index contributed by atoms with van der Waals surface area (Å²) in [4.78, 5) is 23.4. The quantitative estimate of drug-likeness (QED) is 0.443. The van der Waals surface area contributed by atoms with Crippen LogP contribution in [0.15, 0.2) is 71.7 Å². The van der Waals surface area contributed by atoms with Crippen molar-refractivity contribution in [1.82, 2.24) is 15.0 Å². The topological polar surface area (TPSA) is 89.1 Å². The van der Waals surface area contributed by atoms with Crippen molar-refractivity contribution in [3.8, 4) is 17.4 Å². The average molecular weight is 425 g/mol. The molecule has 0 saturated carbocycles. The Morgan fingerprint density at radius 2 is 1.93 bits per heavy atom. The number of aromatic nitrogens is 3. The van der Waals surface area contributed by atoms with Crippen LogP contribution < -0.4 is 14.8 Å². The number of benzene rings is 1. The number of pyridine rings is 2. The van der Waals surface area contributed by atoms with Gasteiger partial charge in [0.2, 0.25) is 5.88 Å². The van der Waals surface area contributed by atoms with Crippen molar-refractivity contribution in [2.75, 3.05) is 5.32 Å². The van der Waals surface area contributed by atoms with E-state index in [-0.39, 0.29) is 0 Å². The number of amides is 1. The Morgan fingerprint density at radius 1 is 1.04 bits per heavy atom. The molecule has 1 aromatic carbocycles. The van der Waals surface area contributed by atoms with E-state index in [0.717, 1.165) is 10.9 Å². The molecule has 4 aromatic rings. The molecule has 0 atom stereocenters. The zero-order valence-electron chi connectivity index (χ0n) is 13.8. The molecule has 0 saturated heterocycles. The molecule has 4 rings (SSSR count). The number of rotatable bonds is 4. The smallest absolute Gasteiger partial charge is 0.417 e. The lowest BCUT2D eigenvalue weighted by Crippen LogP contribution is -2.16. The first-order valence-electron chi connectivity index (χ1n) is 7.98. The lowest BCUT2D eigenvalue weighted by molar-refractivity contribution is 0.215. The van der Waals surface area contributed by atoms with E-state index in [1.807, 2.05) is 24.3 Å². The number of H-pyrrole nitrogens is 1. The number of carbonyl (C=O) groups excluding carboxylic acids is 1. The number of nitrogens with one attached hydrogen (secondary N) is 2. The molecule has 8 heteroatoms. The van der Waals surface area contributed by atoms with Gasteiger partial charge < -0.3 is 14.5 Å². The summed E-state index contributed by atoms with van der Waals surface area (Å²) in [5.41, 5.74) is 1.38. The van der Waals surface area contributed by atoms with Gasteiger partial charge in [0, 0.05) is 29.4 Å². The van der Waals surface area contributed by atoms with Crippen molar-refractivity contribution >= 4 is 38.6 Å². The summed E-state index contributed by atoms with van der Waals surface area (Å²) in [6.07, 6.45) is 4.17. The normalized spacial score (nSPS) is 10.6. The zero-order chi connectivity index (χ0) is 18.6. The molecule has 0 aliphatic heterocycles. The molecule has 1 amide bonds. The van der Waals surface area contributed by atoms with Crippen LogP contribution in [0.2, 0.25) is 0 Å². The van der Waals surface area contributed by atoms with Crippen molar-refractivity contribution in [3.63, 3.8) is 0 Å². The van der Waals surface area contributed by atoms with E-state index in [9.17, 15) is 4.79 Å². The van der Waals surface area contributed by atoms with Crippen molar-refractivity contribution in [2.45, 2.75) is 0 Å². The molecular formula is C19H13BrN4O3. The standard InChI is InChI=1S/C19H13BrN4O3/c20-18-15(6-3-9-21-18)26-17-8-7-12(10-23-17)24-19(25)27-16-11-22-14-5-2-1-4-13(14)16/h1-11,22H,(H,24,25). The largest absolute Gasteiger partial charge is 0.436 e. The van der Waals surface area contributed by atoms with E-state index < -0.39 is 6.09 Å². The van der Waals surface area contributed by atoms with Crippen molar-refractivity contribution in [2.24, 2.45) is 0 Å². The second kappa shape index (κ2) is 7.46. The Labute approximate surface area is 162 Å². The number of carbonyl (C=O) groups is 1. The fraction of sp³-hybridized carbons (Fsp3) is 0. The minimum absolute atomic E-state index is 0.374. The first-order chi connectivity index (χ1) is 13.2. The summed E-state index contributed by atoms with van der Waals surface area (Å²) < 4.78 is 11.6. The van der Waals surface area contributed by atoms with Crippen molar-refractivity contribution < 1.29 is 14.3 Å². The Bertz CT molecular complexity index is 1100. The molecule has 0 radical (unpaired) electrons. The van der Waals surface area contributed by atoms with Crippen LogP contribution >= 0.6 is 15.9 Å². The summed E-state index contributed by atoms with van der Waals surface area (Å²) >= 11 is 3.31. The van der Waals surface area contributed by atoms with E-state index >= 15 is 0 Å². The zero-order valence-corrected chi connectivity index (χ0v) is 15.4. The monoisotopic (exact) mass is 424 g/mol. The number of para-hydroxylation sites is 1. The average Bonchev–Trinajstić information content (AvgIpc) is 3.08. The van der Waals surface area contributed by atoms with Gasteiger partial charge in [0.25, 0.3) is 0 Å². The molecule has 0 aliphatic carbocycles. The summed E-state index contributed by atoms with van der Waals surface area (Å²) in [5.74, 6) is 1.38. The van der Waals surface area contributed by atoms with Crippen LogP contribution in [-0.4, -0.2) is 21.0 Å². The third-order valence-corrected chi connectivity index (χ3v) is 4.27. The van der Waals surface area contributed by atoms with Crippen LogP contribution in [0.1, 0.15) is 0 Å². The highest BCUT2D eigenvalue weighted by molar-refractivity contribution is 9.10. The third kappa shape index (κ3) is 3.90. The Balaban J connectivity index is 1.41. The minimum Gasteiger partial charge on any atom is -0.436 e. The summed E-state index contributed by atoms with van der Waals surface area (Å²) in [6, 6.07) is 14.4. The van der Waals surface area contributed by atoms with E-state index in [2.05, 4.69) is 36.2 Å². The summed E-state index contributed by atoms with van der Waals surface area (Å²) in [6.45, 7) is 0. The van der Waals surface area contributed by atoms with Gasteiger partial charge in [-0.3, -0.25) is 5.32 Å². The molecule has 0 spiro atoms. The molecular weight excluding hydrogens is 412 g/mol. The second-order valence-corrected chi connectivity index (χ2v) is 6.24. The Kier molecular flexibility index (Phi) is 4.71. The highest BCUT2D eigenvalue weighted by Crippen LogP contribution is 2.27. The maximum absolute atomic E-state index is 12.1. The highest BCUT2D eigenvalue weighted by Gasteiger charge is 2.10. The molecule has 134 valence electrons. The number of hydrogen-bond acceptors (Lipinski definition) is 5. The van der Waals surface area contributed by atoms with Crippen LogP contribution in [0.5, 0.6) is 17.4 Å². The number of hydrogen-bond donors (Lipinski definition) is 2. The Hall–Kier alpha value is -3.39. The van der Waals surface area contributed by atoms with Crippen molar-refractivity contribution in [1.29, 1.82) is 0 Å². The summed E-state index contributed by atoms with van der Waals surface area (Å²) in [7, 11) is 0. The maximum Gasteiger partial charge on any atom is 0.417 e. The van der Waals surface area contributed by atoms with Gasteiger partial charge in [0.15, 0.2) is 11.5 Å². The van der Waals surface area contributed by atoms with E-state index in [0.29, 0.717) is 27.7 Å². The Morgan fingerprint density at radius 3 is 2.74 bits per heavy atom. The molecule has 2 N–H and O–H groups in total. The molecule has 27 heavy (non-hydrogen) atoms. The second-order valence-electron chi connectivity index (χ2n) is 5.49. The van der Waals surface area contributed by atoms with Gasteiger partial charge in [-0.05, 0) is 46.3 Å². The van der Waals surface area contributed by atoms with Crippen LogP contribution in [0.25, 0.3) is 10.9 Å². The number of ether oxygens (including phenoxy) is 2. The van der Waals surface area contributed by atoms with Gasteiger partial charge in [0.1, 0.15) is 4.60 Å². The molecule has 0 aliphatic rings. The fourth-order valence-electron chi connectivity index (χ4n) is 2.45. The predicted molar refractivity (Wildman–Crippen MR) is 104 cm³/mol. The first-order valence-corrected chi connectivity index (χ1v) is 8.78. The van der Waals surface area contributed by atoms with Gasteiger partial charge in [-0.25, -0.2) is 14.8 Å². The van der Waals surface area contributed by atoms with Crippen LogP contribution in [-0.2, 0) is 0 Å². The molecule has 3 heterocycles. The van der Waals surface area contributed by atoms with Crippen LogP contribution in [0.3, 0.4) is 0 Å². The van der Waals surface area contributed by atoms with Gasteiger partial charge >= 0.3 is 6.09 Å². The fourth-order valence-corrected chi connectivity index (χ4v) is 2.78. The number of anilines is 1.